The van der Waals surface area contributed by atoms with Gasteiger partial charge in [-0.3, -0.25) is 9.48 Å². The molecule has 0 unspecified atom stereocenters. The quantitative estimate of drug-likeness (QED) is 0.626. The van der Waals surface area contributed by atoms with Crippen molar-refractivity contribution >= 4 is 44.0 Å². The molecule has 0 saturated carbocycles. The van der Waals surface area contributed by atoms with Gasteiger partial charge in [0.15, 0.2) is 0 Å². The zero-order valence-electron chi connectivity index (χ0n) is 8.95. The Morgan fingerprint density at radius 2 is 1.94 bits per heavy atom. The third kappa shape index (κ3) is 1.44. The molecule has 1 aromatic carbocycles. The Labute approximate surface area is 110 Å². The third-order valence-electron chi connectivity index (χ3n) is 2.89. The van der Waals surface area contributed by atoms with Gasteiger partial charge in [0.2, 0.25) is 5.43 Å². The van der Waals surface area contributed by atoms with Crippen LogP contribution in [-0.2, 0) is 7.05 Å². The van der Waals surface area contributed by atoms with E-state index >= 15 is 0 Å². The van der Waals surface area contributed by atoms with Crippen LogP contribution < -0.4 is 5.43 Å². The lowest BCUT2D eigenvalue weighted by Gasteiger charge is -2.10. The Morgan fingerprint density at radius 3 is 2.71 bits per heavy atom. The van der Waals surface area contributed by atoms with Gasteiger partial charge in [0.25, 0.3) is 0 Å². The second kappa shape index (κ2) is 3.62. The maximum absolute atomic E-state index is 12.3. The Balaban J connectivity index is 2.70. The predicted octanol–water partition coefficient (Wildman–Crippen LogP) is 3.21. The summed E-state index contributed by atoms with van der Waals surface area (Å²) in [7, 11) is 1.90. The van der Waals surface area contributed by atoms with Crippen LogP contribution in [0.15, 0.2) is 39.7 Å². The molecule has 0 bridgehead atoms. The summed E-state index contributed by atoms with van der Waals surface area (Å²) in [5, 5.41) is 1.30. The SMILES string of the molecule is Cn1c2cc(Cl)ccc2c(=O)c2ccc(Br)n21. The van der Waals surface area contributed by atoms with Crippen molar-refractivity contribution in [2.75, 3.05) is 0 Å². The van der Waals surface area contributed by atoms with Crippen LogP contribution >= 0.6 is 27.5 Å². The monoisotopic (exact) mass is 310 g/mol. The molecule has 2 aromatic heterocycles. The van der Waals surface area contributed by atoms with Gasteiger partial charge >= 0.3 is 0 Å². The smallest absolute Gasteiger partial charge is 0.213 e. The van der Waals surface area contributed by atoms with E-state index in [0.717, 1.165) is 10.1 Å². The Hall–Kier alpha value is -1.26. The second-order valence-electron chi connectivity index (χ2n) is 3.87. The summed E-state index contributed by atoms with van der Waals surface area (Å²) in [6, 6.07) is 8.96. The molecule has 0 amide bonds. The van der Waals surface area contributed by atoms with Crippen LogP contribution in [0.3, 0.4) is 0 Å². The van der Waals surface area contributed by atoms with Crippen molar-refractivity contribution in [2.45, 2.75) is 0 Å². The molecule has 86 valence electrons. The van der Waals surface area contributed by atoms with E-state index in [-0.39, 0.29) is 5.43 Å². The fourth-order valence-electron chi connectivity index (χ4n) is 2.09. The normalized spacial score (nSPS) is 11.5. The molecule has 3 rings (SSSR count). The highest BCUT2D eigenvalue weighted by Gasteiger charge is 2.10. The van der Waals surface area contributed by atoms with Gasteiger partial charge in [-0.25, -0.2) is 4.52 Å². The maximum Gasteiger partial charge on any atom is 0.213 e. The van der Waals surface area contributed by atoms with Crippen molar-refractivity contribution < 1.29 is 0 Å². The van der Waals surface area contributed by atoms with Gasteiger partial charge in [0.1, 0.15) is 10.1 Å². The van der Waals surface area contributed by atoms with E-state index in [9.17, 15) is 4.79 Å². The maximum atomic E-state index is 12.3. The van der Waals surface area contributed by atoms with Crippen LogP contribution in [-0.4, -0.2) is 9.20 Å². The minimum atomic E-state index is 0.0143. The van der Waals surface area contributed by atoms with E-state index in [4.69, 9.17) is 11.6 Å². The molecule has 0 atom stereocenters. The third-order valence-corrected chi connectivity index (χ3v) is 3.73. The molecule has 0 aliphatic heterocycles. The fourth-order valence-corrected chi connectivity index (χ4v) is 2.82. The highest BCUT2D eigenvalue weighted by molar-refractivity contribution is 9.10. The van der Waals surface area contributed by atoms with E-state index in [1.807, 2.05) is 22.3 Å². The van der Waals surface area contributed by atoms with Crippen LogP contribution in [0, 0.1) is 0 Å². The number of rotatable bonds is 0. The summed E-state index contributed by atoms with van der Waals surface area (Å²) in [5.74, 6) is 0. The topological polar surface area (TPSA) is 26.4 Å². The van der Waals surface area contributed by atoms with Gasteiger partial charge in [-0.2, -0.15) is 0 Å². The summed E-state index contributed by atoms with van der Waals surface area (Å²) < 4.78 is 4.57. The lowest BCUT2D eigenvalue weighted by atomic mass is 10.2. The number of halogens is 2. The summed E-state index contributed by atoms with van der Waals surface area (Å²) in [5.41, 5.74) is 1.47. The van der Waals surface area contributed by atoms with Crippen molar-refractivity contribution in [3.05, 3.63) is 50.2 Å². The average molecular weight is 312 g/mol. The van der Waals surface area contributed by atoms with E-state index in [1.165, 1.54) is 0 Å². The van der Waals surface area contributed by atoms with Gasteiger partial charge in [0.05, 0.1) is 5.52 Å². The van der Waals surface area contributed by atoms with Gasteiger partial charge in [-0.15, -0.1) is 0 Å². The number of hydrogen-bond donors (Lipinski definition) is 0. The fraction of sp³-hybridized carbons (Fsp3) is 0.0833. The first-order valence-electron chi connectivity index (χ1n) is 5.05. The predicted molar refractivity (Wildman–Crippen MR) is 72.9 cm³/mol. The summed E-state index contributed by atoms with van der Waals surface area (Å²) in [6.45, 7) is 0. The molecule has 0 fully saturated rings. The second-order valence-corrected chi connectivity index (χ2v) is 5.12. The number of nitrogens with zero attached hydrogens (tertiary/aromatic N) is 2. The van der Waals surface area contributed by atoms with Gasteiger partial charge in [-0.05, 0) is 46.3 Å². The van der Waals surface area contributed by atoms with Crippen molar-refractivity contribution in [1.82, 2.24) is 9.20 Å². The van der Waals surface area contributed by atoms with E-state index in [0.29, 0.717) is 15.9 Å². The largest absolute Gasteiger partial charge is 0.287 e. The van der Waals surface area contributed by atoms with Crippen LogP contribution in [0.4, 0.5) is 0 Å². The summed E-state index contributed by atoms with van der Waals surface area (Å²) >= 11 is 9.40. The number of hydrogen-bond acceptors (Lipinski definition) is 1. The summed E-state index contributed by atoms with van der Waals surface area (Å²) in [4.78, 5) is 12.3. The highest BCUT2D eigenvalue weighted by atomic mass is 79.9. The molecule has 0 radical (unpaired) electrons. The van der Waals surface area contributed by atoms with Crippen molar-refractivity contribution in [3.8, 4) is 0 Å². The molecular formula is C12H8BrClN2O. The number of benzene rings is 1. The van der Waals surface area contributed by atoms with Gasteiger partial charge < -0.3 is 0 Å². The number of aryl methyl sites for hydroxylation is 1. The number of fused-ring (bicyclic) bond motifs is 2. The molecule has 0 aliphatic rings. The lowest BCUT2D eigenvalue weighted by molar-refractivity contribution is 0.708. The molecule has 3 aromatic rings. The van der Waals surface area contributed by atoms with E-state index in [1.54, 1.807) is 24.3 Å². The first-order valence-corrected chi connectivity index (χ1v) is 6.22. The zero-order valence-corrected chi connectivity index (χ0v) is 11.3. The number of aromatic nitrogens is 2. The first-order chi connectivity index (χ1) is 8.09. The molecule has 2 heterocycles. The molecule has 17 heavy (non-hydrogen) atoms. The molecule has 0 aliphatic carbocycles. The van der Waals surface area contributed by atoms with Crippen LogP contribution in [0.1, 0.15) is 0 Å². The van der Waals surface area contributed by atoms with Crippen molar-refractivity contribution in [1.29, 1.82) is 0 Å². The Kier molecular flexibility index (Phi) is 2.31. The Morgan fingerprint density at radius 1 is 1.18 bits per heavy atom. The van der Waals surface area contributed by atoms with Gasteiger partial charge in [0, 0.05) is 17.5 Å². The lowest BCUT2D eigenvalue weighted by Crippen LogP contribution is -2.15. The van der Waals surface area contributed by atoms with Crippen molar-refractivity contribution in [2.24, 2.45) is 7.05 Å². The molecule has 0 N–H and O–H groups in total. The van der Waals surface area contributed by atoms with Crippen LogP contribution in [0.25, 0.3) is 16.4 Å². The van der Waals surface area contributed by atoms with Crippen LogP contribution in [0.2, 0.25) is 5.02 Å². The van der Waals surface area contributed by atoms with E-state index in [2.05, 4.69) is 15.9 Å². The van der Waals surface area contributed by atoms with Gasteiger partial charge in [-0.1, -0.05) is 11.6 Å². The molecular weight excluding hydrogens is 304 g/mol. The molecule has 5 heteroatoms. The standard InChI is InChI=1S/C12H8BrClN2O/c1-15-10-6-7(14)2-3-8(10)12(17)9-4-5-11(13)16(9)15/h2-6H,1H3. The van der Waals surface area contributed by atoms with E-state index < -0.39 is 0 Å². The zero-order chi connectivity index (χ0) is 12.2. The average Bonchev–Trinajstić information content (AvgIpc) is 2.68. The minimum absolute atomic E-state index is 0.0143. The van der Waals surface area contributed by atoms with Crippen molar-refractivity contribution in [3.63, 3.8) is 0 Å². The Bertz CT molecular complexity index is 803. The summed E-state index contributed by atoms with van der Waals surface area (Å²) in [6.07, 6.45) is 0. The highest BCUT2D eigenvalue weighted by Crippen LogP contribution is 2.20. The molecule has 0 spiro atoms. The first kappa shape index (κ1) is 10.9. The molecule has 0 saturated heterocycles. The minimum Gasteiger partial charge on any atom is -0.287 e. The van der Waals surface area contributed by atoms with Crippen LogP contribution in [0.5, 0.6) is 0 Å². The molecule has 3 nitrogen and oxygen atoms in total.